The molecule has 0 fully saturated rings. The molecule has 18 heavy (non-hydrogen) atoms. The SMILES string of the molecule is O=S(=O)(O)c1ncc[nH]1.O=S(=O)(O)c1ncc[nH]1. The number of imidazole rings is 2. The van der Waals surface area contributed by atoms with E-state index in [0.29, 0.717) is 0 Å². The average Bonchev–Trinajstić information content (AvgIpc) is 2.91. The zero-order valence-electron chi connectivity index (χ0n) is 8.55. The third-order valence-corrected chi connectivity index (χ3v) is 2.86. The van der Waals surface area contributed by atoms with Gasteiger partial charge in [0.15, 0.2) is 0 Å². The van der Waals surface area contributed by atoms with Crippen LogP contribution in [0.3, 0.4) is 0 Å². The quantitative estimate of drug-likeness (QED) is 0.528. The van der Waals surface area contributed by atoms with Crippen molar-refractivity contribution in [2.45, 2.75) is 10.3 Å². The van der Waals surface area contributed by atoms with E-state index in [1.54, 1.807) is 0 Å². The molecule has 0 saturated heterocycles. The largest absolute Gasteiger partial charge is 0.334 e. The smallest absolute Gasteiger partial charge is 0.328 e. The van der Waals surface area contributed by atoms with Gasteiger partial charge in [0.1, 0.15) is 0 Å². The minimum absolute atomic E-state index is 0.428. The predicted molar refractivity (Wildman–Crippen MR) is 56.8 cm³/mol. The van der Waals surface area contributed by atoms with Crippen molar-refractivity contribution in [1.82, 2.24) is 19.9 Å². The first-order chi connectivity index (χ1) is 8.21. The highest BCUT2D eigenvalue weighted by molar-refractivity contribution is 7.85. The van der Waals surface area contributed by atoms with E-state index >= 15 is 0 Å². The molecule has 2 heterocycles. The summed E-state index contributed by atoms with van der Waals surface area (Å²) in [6.45, 7) is 0. The maximum absolute atomic E-state index is 10.2. The van der Waals surface area contributed by atoms with Crippen molar-refractivity contribution in [3.05, 3.63) is 24.8 Å². The second kappa shape index (κ2) is 5.26. The lowest BCUT2D eigenvalue weighted by Crippen LogP contribution is -1.99. The molecule has 0 radical (unpaired) electrons. The Kier molecular flexibility index (Phi) is 4.18. The summed E-state index contributed by atoms with van der Waals surface area (Å²) in [4.78, 5) is 11.0. The Balaban J connectivity index is 0.000000180. The molecular formula is C6H8N4O6S2. The van der Waals surface area contributed by atoms with E-state index < -0.39 is 30.5 Å². The summed E-state index contributed by atoms with van der Waals surface area (Å²) >= 11 is 0. The number of hydrogen-bond acceptors (Lipinski definition) is 6. The third-order valence-electron chi connectivity index (χ3n) is 1.43. The highest BCUT2D eigenvalue weighted by atomic mass is 32.2. The van der Waals surface area contributed by atoms with Crippen LogP contribution in [0.25, 0.3) is 0 Å². The lowest BCUT2D eigenvalue weighted by molar-refractivity contribution is 0.473. The second-order valence-electron chi connectivity index (χ2n) is 2.74. The van der Waals surface area contributed by atoms with Gasteiger partial charge in [-0.15, -0.1) is 0 Å². The van der Waals surface area contributed by atoms with E-state index in [-0.39, 0.29) is 0 Å². The number of hydrogen-bond donors (Lipinski definition) is 4. The molecule has 100 valence electrons. The molecule has 0 aliphatic heterocycles. The Morgan fingerprint density at radius 3 is 1.28 bits per heavy atom. The molecule has 12 heteroatoms. The van der Waals surface area contributed by atoms with Gasteiger partial charge in [-0.3, -0.25) is 9.11 Å². The predicted octanol–water partition coefficient (Wildman–Crippen LogP) is -0.687. The molecule has 0 aliphatic rings. The summed E-state index contributed by atoms with van der Waals surface area (Å²) in [5, 5.41) is -0.856. The van der Waals surface area contributed by atoms with Crippen molar-refractivity contribution in [3.63, 3.8) is 0 Å². The van der Waals surface area contributed by atoms with Crippen LogP contribution in [0.1, 0.15) is 0 Å². The molecule has 0 amide bonds. The van der Waals surface area contributed by atoms with E-state index in [9.17, 15) is 16.8 Å². The van der Waals surface area contributed by atoms with Crippen LogP contribution in [0.5, 0.6) is 0 Å². The van der Waals surface area contributed by atoms with Crippen LogP contribution in [0.2, 0.25) is 0 Å². The van der Waals surface area contributed by atoms with Crippen molar-refractivity contribution in [2.24, 2.45) is 0 Å². The summed E-state index contributed by atoms with van der Waals surface area (Å²) < 4.78 is 57.1. The number of aromatic nitrogens is 4. The summed E-state index contributed by atoms with van der Waals surface area (Å²) in [5.74, 6) is 0. The first kappa shape index (κ1) is 14.3. The first-order valence-corrected chi connectivity index (χ1v) is 7.03. The van der Waals surface area contributed by atoms with Gasteiger partial charge in [0, 0.05) is 24.8 Å². The molecule has 2 rings (SSSR count). The standard InChI is InChI=1S/2C3H4N2O3S/c2*6-9(7,8)3-4-1-2-5-3/h2*1-2H,(H,4,5)(H,6,7,8). The van der Waals surface area contributed by atoms with Crippen LogP contribution in [-0.2, 0) is 20.2 Å². The summed E-state index contributed by atoms with van der Waals surface area (Å²) in [6.07, 6.45) is 5.10. The van der Waals surface area contributed by atoms with E-state index in [1.165, 1.54) is 24.8 Å². The molecule has 4 N–H and O–H groups in total. The molecule has 0 atom stereocenters. The molecule has 2 aromatic heterocycles. The van der Waals surface area contributed by atoms with Crippen molar-refractivity contribution < 1.29 is 25.9 Å². The molecule has 10 nitrogen and oxygen atoms in total. The Bertz CT molecular complexity index is 610. The fourth-order valence-electron chi connectivity index (χ4n) is 0.784. The lowest BCUT2D eigenvalue weighted by atomic mass is 11.0. The van der Waals surface area contributed by atoms with Crippen molar-refractivity contribution >= 4 is 20.2 Å². The fraction of sp³-hybridized carbons (Fsp3) is 0. The van der Waals surface area contributed by atoms with Crippen LogP contribution < -0.4 is 0 Å². The van der Waals surface area contributed by atoms with Crippen LogP contribution in [0.15, 0.2) is 35.1 Å². The number of H-pyrrole nitrogens is 2. The van der Waals surface area contributed by atoms with E-state index in [2.05, 4.69) is 19.9 Å². The molecule has 0 spiro atoms. The Morgan fingerprint density at radius 2 is 1.17 bits per heavy atom. The number of nitrogens with one attached hydrogen (secondary N) is 2. The molecule has 0 saturated carbocycles. The molecular weight excluding hydrogens is 288 g/mol. The van der Waals surface area contributed by atoms with Gasteiger partial charge in [0.2, 0.25) is 0 Å². The minimum Gasteiger partial charge on any atom is -0.334 e. The molecule has 0 unspecified atom stereocenters. The summed E-state index contributed by atoms with van der Waals surface area (Å²) in [7, 11) is -8.25. The monoisotopic (exact) mass is 296 g/mol. The van der Waals surface area contributed by atoms with E-state index in [1.807, 2.05) is 0 Å². The van der Waals surface area contributed by atoms with Gasteiger partial charge in [-0.25, -0.2) is 9.97 Å². The van der Waals surface area contributed by atoms with Crippen LogP contribution >= 0.6 is 0 Å². The van der Waals surface area contributed by atoms with Crippen LogP contribution in [0.4, 0.5) is 0 Å². The highest BCUT2D eigenvalue weighted by Crippen LogP contribution is 1.97. The zero-order chi connectivity index (χ0) is 13.8. The van der Waals surface area contributed by atoms with Gasteiger partial charge in [-0.2, -0.15) is 16.8 Å². The van der Waals surface area contributed by atoms with Gasteiger partial charge in [0.05, 0.1) is 0 Å². The average molecular weight is 296 g/mol. The minimum atomic E-state index is -4.13. The van der Waals surface area contributed by atoms with Gasteiger partial charge in [0.25, 0.3) is 10.3 Å². The van der Waals surface area contributed by atoms with Crippen LogP contribution in [-0.4, -0.2) is 45.9 Å². The van der Waals surface area contributed by atoms with Gasteiger partial charge in [-0.05, 0) is 0 Å². The summed E-state index contributed by atoms with van der Waals surface area (Å²) in [5.41, 5.74) is 0. The van der Waals surface area contributed by atoms with Gasteiger partial charge in [-0.1, -0.05) is 0 Å². The fourth-order valence-corrected chi connectivity index (χ4v) is 1.61. The zero-order valence-corrected chi connectivity index (χ0v) is 10.2. The highest BCUT2D eigenvalue weighted by Gasteiger charge is 2.10. The molecule has 0 aliphatic carbocycles. The Labute approximate surface area is 102 Å². The Morgan fingerprint density at radius 1 is 0.833 bits per heavy atom. The van der Waals surface area contributed by atoms with Crippen molar-refractivity contribution in [1.29, 1.82) is 0 Å². The lowest BCUT2D eigenvalue weighted by Gasteiger charge is -1.84. The maximum atomic E-state index is 10.2. The Hall–Kier alpha value is -1.76. The third kappa shape index (κ3) is 4.25. The van der Waals surface area contributed by atoms with E-state index in [4.69, 9.17) is 9.11 Å². The van der Waals surface area contributed by atoms with E-state index in [0.717, 1.165) is 0 Å². The van der Waals surface area contributed by atoms with Crippen molar-refractivity contribution in [2.75, 3.05) is 0 Å². The van der Waals surface area contributed by atoms with Gasteiger partial charge < -0.3 is 9.97 Å². The number of nitrogens with zero attached hydrogens (tertiary/aromatic N) is 2. The van der Waals surface area contributed by atoms with Crippen molar-refractivity contribution in [3.8, 4) is 0 Å². The van der Waals surface area contributed by atoms with Crippen LogP contribution in [0, 0.1) is 0 Å². The molecule has 2 aromatic rings. The first-order valence-electron chi connectivity index (χ1n) is 4.15. The maximum Gasteiger partial charge on any atom is 0.328 e. The van der Waals surface area contributed by atoms with Gasteiger partial charge >= 0.3 is 20.2 Å². The molecule has 0 bridgehead atoms. The second-order valence-corrected chi connectivity index (χ2v) is 5.41. The number of rotatable bonds is 2. The number of aromatic amines is 2. The summed E-state index contributed by atoms with van der Waals surface area (Å²) in [6, 6.07) is 0. The normalized spacial score (nSPS) is 11.7. The molecule has 0 aromatic carbocycles. The topological polar surface area (TPSA) is 166 Å².